The molecule has 0 amide bonds. The van der Waals surface area contributed by atoms with Gasteiger partial charge in [0.2, 0.25) is 0 Å². The van der Waals surface area contributed by atoms with Crippen LogP contribution in [0.4, 0.5) is 0 Å². The lowest BCUT2D eigenvalue weighted by atomic mass is 10.0. The van der Waals surface area contributed by atoms with Gasteiger partial charge in [0, 0.05) is 16.7 Å². The first-order chi connectivity index (χ1) is 13.3. The highest BCUT2D eigenvalue weighted by atomic mass is 16.5. The fourth-order valence-electron chi connectivity index (χ4n) is 3.82. The highest BCUT2D eigenvalue weighted by Crippen LogP contribution is 2.41. The van der Waals surface area contributed by atoms with Crippen LogP contribution in [0.25, 0.3) is 33.9 Å². The van der Waals surface area contributed by atoms with Gasteiger partial charge in [-0.25, -0.2) is 4.98 Å². The molecule has 0 unspecified atom stereocenters. The predicted molar refractivity (Wildman–Crippen MR) is 109 cm³/mol. The van der Waals surface area contributed by atoms with Crippen LogP contribution < -0.4 is 4.74 Å². The second-order valence-electron chi connectivity index (χ2n) is 6.70. The van der Waals surface area contributed by atoms with Gasteiger partial charge in [0.1, 0.15) is 11.6 Å². The quantitative estimate of drug-likeness (QED) is 0.418. The molecular weight excluding hydrogens is 332 g/mol. The zero-order chi connectivity index (χ0) is 18.2. The summed E-state index contributed by atoms with van der Waals surface area (Å²) in [6.45, 7) is 3.53. The molecule has 3 aromatic carbocycles. The van der Waals surface area contributed by atoms with Gasteiger partial charge in [-0.1, -0.05) is 54.6 Å². The predicted octanol–water partition coefficient (Wildman–Crippen LogP) is 5.64. The molecule has 0 N–H and O–H groups in total. The minimum Gasteiger partial charge on any atom is -0.494 e. The lowest BCUT2D eigenvalue weighted by Gasteiger charge is -2.10. The Morgan fingerprint density at radius 3 is 2.37 bits per heavy atom. The normalized spacial score (nSPS) is 11.9. The number of aromatic nitrogens is 2. The Bertz CT molecular complexity index is 1100. The maximum atomic E-state index is 5.61. The molecule has 27 heavy (non-hydrogen) atoms. The summed E-state index contributed by atoms with van der Waals surface area (Å²) in [5.41, 5.74) is 7.04. The third-order valence-corrected chi connectivity index (χ3v) is 5.04. The average Bonchev–Trinajstić information content (AvgIpc) is 3.26. The smallest absolute Gasteiger partial charge is 0.141 e. The van der Waals surface area contributed by atoms with Gasteiger partial charge in [-0.05, 0) is 36.8 Å². The molecule has 5 rings (SSSR count). The van der Waals surface area contributed by atoms with Crippen LogP contribution in [0.15, 0.2) is 78.9 Å². The first-order valence-electron chi connectivity index (χ1n) is 9.32. The van der Waals surface area contributed by atoms with E-state index in [0.29, 0.717) is 6.61 Å². The molecule has 0 saturated carbocycles. The zero-order valence-electron chi connectivity index (χ0n) is 15.2. The molecule has 0 atom stereocenters. The fourth-order valence-corrected chi connectivity index (χ4v) is 3.82. The van der Waals surface area contributed by atoms with Crippen LogP contribution in [0.1, 0.15) is 12.5 Å². The number of ether oxygens (including phenoxy) is 1. The molecule has 3 heteroatoms. The van der Waals surface area contributed by atoms with E-state index >= 15 is 0 Å². The zero-order valence-corrected chi connectivity index (χ0v) is 15.2. The number of nitrogens with zero attached hydrogens (tertiary/aromatic N) is 2. The fraction of sp³-hybridized carbons (Fsp3) is 0.125. The molecule has 0 bridgehead atoms. The van der Waals surface area contributed by atoms with E-state index in [1.165, 1.54) is 11.1 Å². The summed E-state index contributed by atoms with van der Waals surface area (Å²) in [7, 11) is 0. The lowest BCUT2D eigenvalue weighted by molar-refractivity contribution is 0.340. The van der Waals surface area contributed by atoms with E-state index in [4.69, 9.17) is 9.72 Å². The molecule has 0 fully saturated rings. The maximum Gasteiger partial charge on any atom is 0.141 e. The van der Waals surface area contributed by atoms with Gasteiger partial charge >= 0.3 is 0 Å². The average molecular weight is 352 g/mol. The van der Waals surface area contributed by atoms with Crippen molar-refractivity contribution in [2.24, 2.45) is 0 Å². The first kappa shape index (κ1) is 15.9. The van der Waals surface area contributed by atoms with Gasteiger partial charge in [-0.3, -0.25) is 0 Å². The van der Waals surface area contributed by atoms with Crippen molar-refractivity contribution in [2.75, 3.05) is 6.61 Å². The molecule has 0 saturated heterocycles. The summed E-state index contributed by atoms with van der Waals surface area (Å²) < 4.78 is 7.95. The Labute approximate surface area is 158 Å². The van der Waals surface area contributed by atoms with Gasteiger partial charge in [0.15, 0.2) is 0 Å². The number of benzene rings is 3. The number of rotatable bonds is 4. The van der Waals surface area contributed by atoms with Crippen LogP contribution in [0.3, 0.4) is 0 Å². The Morgan fingerprint density at radius 1 is 0.852 bits per heavy atom. The van der Waals surface area contributed by atoms with Crippen molar-refractivity contribution >= 4 is 0 Å². The van der Waals surface area contributed by atoms with Crippen LogP contribution in [0, 0.1) is 0 Å². The number of hydrogen-bond acceptors (Lipinski definition) is 2. The summed E-state index contributed by atoms with van der Waals surface area (Å²) in [6.07, 6.45) is 0. The van der Waals surface area contributed by atoms with Crippen LogP contribution in [-0.4, -0.2) is 16.2 Å². The number of imidazole rings is 1. The van der Waals surface area contributed by atoms with Gasteiger partial charge < -0.3 is 9.30 Å². The number of hydrogen-bond donors (Lipinski definition) is 0. The second-order valence-corrected chi connectivity index (χ2v) is 6.70. The van der Waals surface area contributed by atoms with Gasteiger partial charge in [0.05, 0.1) is 24.5 Å². The lowest BCUT2D eigenvalue weighted by Crippen LogP contribution is -1.97. The van der Waals surface area contributed by atoms with Crippen molar-refractivity contribution in [1.82, 2.24) is 9.55 Å². The summed E-state index contributed by atoms with van der Waals surface area (Å²) in [6, 6.07) is 27.3. The van der Waals surface area contributed by atoms with Crippen molar-refractivity contribution in [3.63, 3.8) is 0 Å². The van der Waals surface area contributed by atoms with E-state index in [1.807, 2.05) is 25.1 Å². The third kappa shape index (κ3) is 2.63. The SMILES string of the molecule is CCOc1ccc(-c2c(-c3ccccc3)nc3n2Cc2ccccc2-3)cc1. The third-order valence-electron chi connectivity index (χ3n) is 5.04. The molecule has 3 nitrogen and oxygen atoms in total. The van der Waals surface area contributed by atoms with Crippen LogP contribution >= 0.6 is 0 Å². The van der Waals surface area contributed by atoms with Gasteiger partial charge in [-0.15, -0.1) is 0 Å². The summed E-state index contributed by atoms with van der Waals surface area (Å²) in [5, 5.41) is 0. The molecule has 2 heterocycles. The molecule has 0 aliphatic carbocycles. The molecule has 1 aliphatic heterocycles. The van der Waals surface area contributed by atoms with Crippen LogP contribution in [0.2, 0.25) is 0 Å². The topological polar surface area (TPSA) is 27.1 Å². The first-order valence-corrected chi connectivity index (χ1v) is 9.32. The Hall–Kier alpha value is -3.33. The van der Waals surface area contributed by atoms with E-state index < -0.39 is 0 Å². The molecule has 1 aromatic heterocycles. The highest BCUT2D eigenvalue weighted by Gasteiger charge is 2.26. The van der Waals surface area contributed by atoms with E-state index in [0.717, 1.165) is 40.6 Å². The standard InChI is InChI=1S/C24H20N2O/c1-2-27-20-14-12-18(13-15-20)23-22(17-8-4-3-5-9-17)25-24-21-11-7-6-10-19(21)16-26(23)24/h3-15H,2,16H2,1H3. The van der Waals surface area contributed by atoms with E-state index in [-0.39, 0.29) is 0 Å². The van der Waals surface area contributed by atoms with Gasteiger partial charge in [0.25, 0.3) is 0 Å². The molecular formula is C24H20N2O. The van der Waals surface area contributed by atoms with Crippen molar-refractivity contribution in [1.29, 1.82) is 0 Å². The molecule has 1 aliphatic rings. The minimum atomic E-state index is 0.673. The van der Waals surface area contributed by atoms with E-state index in [1.54, 1.807) is 0 Å². The molecule has 0 radical (unpaired) electrons. The van der Waals surface area contributed by atoms with Crippen molar-refractivity contribution in [3.8, 4) is 39.7 Å². The molecule has 4 aromatic rings. The van der Waals surface area contributed by atoms with Crippen molar-refractivity contribution in [3.05, 3.63) is 84.4 Å². The number of fused-ring (bicyclic) bond motifs is 3. The summed E-state index contributed by atoms with van der Waals surface area (Å²) in [4.78, 5) is 5.07. The minimum absolute atomic E-state index is 0.673. The van der Waals surface area contributed by atoms with E-state index in [2.05, 4.69) is 65.2 Å². The summed E-state index contributed by atoms with van der Waals surface area (Å²) in [5.74, 6) is 1.94. The second kappa shape index (κ2) is 6.44. The molecule has 132 valence electrons. The summed E-state index contributed by atoms with van der Waals surface area (Å²) >= 11 is 0. The Balaban J connectivity index is 1.71. The molecule has 0 spiro atoms. The Morgan fingerprint density at radius 2 is 1.59 bits per heavy atom. The maximum absolute atomic E-state index is 5.61. The van der Waals surface area contributed by atoms with Crippen LogP contribution in [0.5, 0.6) is 5.75 Å². The monoisotopic (exact) mass is 352 g/mol. The Kier molecular flexibility index (Phi) is 3.79. The van der Waals surface area contributed by atoms with Gasteiger partial charge in [-0.2, -0.15) is 0 Å². The highest BCUT2D eigenvalue weighted by molar-refractivity contribution is 5.84. The van der Waals surface area contributed by atoms with E-state index in [9.17, 15) is 0 Å². The van der Waals surface area contributed by atoms with Crippen molar-refractivity contribution in [2.45, 2.75) is 13.5 Å². The largest absolute Gasteiger partial charge is 0.494 e. The van der Waals surface area contributed by atoms with Crippen LogP contribution in [-0.2, 0) is 6.54 Å². The van der Waals surface area contributed by atoms with Crippen molar-refractivity contribution < 1.29 is 4.74 Å².